The maximum Gasteiger partial charge on any atom is 0.331 e. The lowest BCUT2D eigenvalue weighted by atomic mass is 9.73. The van der Waals surface area contributed by atoms with Crippen molar-refractivity contribution in [3.8, 4) is 40.2 Å². The highest BCUT2D eigenvalue weighted by Crippen LogP contribution is 2.64. The molecule has 7 atom stereocenters. The largest absolute Gasteiger partial charge is 0.504 e. The molecule has 7 heterocycles. The first kappa shape index (κ1) is 39.9. The van der Waals surface area contributed by atoms with Crippen LogP contribution in [0.5, 0.6) is 40.2 Å². The molecule has 0 radical (unpaired) electrons. The van der Waals surface area contributed by atoms with E-state index >= 15 is 4.79 Å². The van der Waals surface area contributed by atoms with Gasteiger partial charge in [-0.15, -0.1) is 11.8 Å². The van der Waals surface area contributed by atoms with E-state index < -0.39 is 47.1 Å². The van der Waals surface area contributed by atoms with Gasteiger partial charge < -0.3 is 43.4 Å². The number of carbonyl (C=O) groups is 2. The summed E-state index contributed by atoms with van der Waals surface area (Å²) in [6, 6.07) is 13.6. The third kappa shape index (κ3) is 5.99. The van der Waals surface area contributed by atoms with Gasteiger partial charge in [-0.25, -0.2) is 4.79 Å². The first-order valence-electron chi connectivity index (χ1n) is 20.6. The lowest BCUT2D eigenvalue weighted by Gasteiger charge is -2.62. The Balaban J connectivity index is 1.17. The molecule has 4 bridgehead atoms. The minimum Gasteiger partial charge on any atom is -0.504 e. The van der Waals surface area contributed by atoms with Crippen LogP contribution in [-0.4, -0.2) is 97.2 Å². The van der Waals surface area contributed by atoms with Gasteiger partial charge >= 0.3 is 11.9 Å². The van der Waals surface area contributed by atoms with E-state index in [1.807, 2.05) is 74.3 Å². The number of phenols is 1. The van der Waals surface area contributed by atoms with Gasteiger partial charge in [-0.1, -0.05) is 36.4 Å². The van der Waals surface area contributed by atoms with Crippen molar-refractivity contribution in [1.82, 2.24) is 15.1 Å². The van der Waals surface area contributed by atoms with Crippen LogP contribution in [0.3, 0.4) is 0 Å². The number of nitrogens with one attached hydrogen (secondary N) is 1. The second kappa shape index (κ2) is 15.0. The van der Waals surface area contributed by atoms with Crippen molar-refractivity contribution in [2.45, 2.75) is 81.4 Å². The maximum atomic E-state index is 15.0. The Morgan fingerprint density at radius 2 is 1.77 bits per heavy atom. The van der Waals surface area contributed by atoms with Crippen LogP contribution in [-0.2, 0) is 39.3 Å². The van der Waals surface area contributed by atoms with Crippen molar-refractivity contribution >= 4 is 23.7 Å². The van der Waals surface area contributed by atoms with E-state index in [0.717, 1.165) is 27.8 Å². The van der Waals surface area contributed by atoms with Crippen molar-refractivity contribution in [3.63, 3.8) is 0 Å². The lowest BCUT2D eigenvalue weighted by molar-refractivity contribution is -0.186. The maximum absolute atomic E-state index is 15.0. The number of likely N-dealkylation sites (N-methyl/N-ethyl adjacent to an activating group) is 1. The fraction of sp³-hybridized carbons (Fsp3) is 0.435. The standard InChI is InChI=1S/C46H49N3O11S/c1-22-14-27-15-29-44(52)49-30-19-57-45(53)46(28-17-31(54-5)32(16-26(28)12-13-47-46)56-18-25-10-8-7-9-11-25)20-61-43(37(49)36(48(29)4)33(27)38(51)39(22)55-6)35-34(30)42-41(58-21-59-42)23(2)40(35)60-24(3)50/h7-11,14,16-17,29-30,36-37,43-44,47,51-52H,12-13,15,18-21H2,1-6H3/t29-,30-,36+,37?,43+,44-,46+/m0/s1. The monoisotopic (exact) mass is 851 g/mol. The van der Waals surface area contributed by atoms with Crippen LogP contribution < -0.4 is 33.7 Å². The summed E-state index contributed by atoms with van der Waals surface area (Å²) in [4.78, 5) is 32.2. The van der Waals surface area contributed by atoms with Crippen LogP contribution in [0.15, 0.2) is 48.5 Å². The molecule has 0 saturated carbocycles. The number of carbonyl (C=O) groups excluding carboxylic acids is 2. The molecule has 7 aliphatic heterocycles. The number of hydrogen-bond acceptors (Lipinski definition) is 15. The molecule has 320 valence electrons. The number of aromatic hydroxyl groups is 1. The molecule has 4 aromatic rings. The van der Waals surface area contributed by atoms with Gasteiger partial charge in [0.2, 0.25) is 6.79 Å². The summed E-state index contributed by atoms with van der Waals surface area (Å²) < 4.78 is 43.0. The molecular weight excluding hydrogens is 803 g/mol. The average Bonchev–Trinajstić information content (AvgIpc) is 3.75. The second-order valence-electron chi connectivity index (χ2n) is 16.7. The third-order valence-corrected chi connectivity index (χ3v) is 15.0. The van der Waals surface area contributed by atoms with Crippen molar-refractivity contribution in [2.24, 2.45) is 0 Å². The fourth-order valence-electron chi connectivity index (χ4n) is 10.8. The zero-order valence-corrected chi connectivity index (χ0v) is 35.7. The molecule has 7 aliphatic rings. The quantitative estimate of drug-likeness (QED) is 0.170. The van der Waals surface area contributed by atoms with Crippen LogP contribution >= 0.6 is 11.8 Å². The van der Waals surface area contributed by atoms with E-state index in [4.69, 9.17) is 33.2 Å². The van der Waals surface area contributed by atoms with Crippen LogP contribution in [0, 0.1) is 13.8 Å². The Kier molecular flexibility index (Phi) is 9.83. The van der Waals surface area contributed by atoms with Crippen LogP contribution in [0.25, 0.3) is 0 Å². The van der Waals surface area contributed by atoms with Gasteiger partial charge in [-0.05, 0) is 73.7 Å². The number of fused-ring (bicyclic) bond motifs is 9. The van der Waals surface area contributed by atoms with Crippen molar-refractivity contribution in [2.75, 3.05) is 47.0 Å². The molecule has 0 aliphatic carbocycles. The number of aryl methyl sites for hydroxylation is 1. The summed E-state index contributed by atoms with van der Waals surface area (Å²) in [5.74, 6) is 1.92. The van der Waals surface area contributed by atoms with E-state index in [1.165, 1.54) is 18.7 Å². The smallest absolute Gasteiger partial charge is 0.331 e. The van der Waals surface area contributed by atoms with E-state index in [0.29, 0.717) is 82.7 Å². The highest BCUT2D eigenvalue weighted by Gasteiger charge is 2.61. The Morgan fingerprint density at radius 3 is 2.52 bits per heavy atom. The number of rotatable bonds is 6. The summed E-state index contributed by atoms with van der Waals surface area (Å²) >= 11 is 1.51. The van der Waals surface area contributed by atoms with Crippen LogP contribution in [0.4, 0.5) is 0 Å². The Morgan fingerprint density at radius 1 is 0.984 bits per heavy atom. The number of thioether (sulfide) groups is 1. The van der Waals surface area contributed by atoms with E-state index in [-0.39, 0.29) is 30.9 Å². The summed E-state index contributed by atoms with van der Waals surface area (Å²) in [6.45, 7) is 5.70. The molecule has 1 spiro atoms. The molecule has 61 heavy (non-hydrogen) atoms. The molecule has 2 fully saturated rings. The third-order valence-electron chi connectivity index (χ3n) is 13.5. The van der Waals surface area contributed by atoms with Gasteiger partial charge in [0.1, 0.15) is 25.2 Å². The van der Waals surface area contributed by atoms with E-state index in [2.05, 4.69) is 10.2 Å². The average molecular weight is 852 g/mol. The Labute approximate surface area is 357 Å². The minimum absolute atomic E-state index is 0.0487. The SMILES string of the molecule is COc1cc2c(cc1OCc1ccccc1)CCN[C@]21CS[C@@H]2c3c(OC(C)=O)c(C)c4c(c3[C@H](COC1=O)N1C2[C@H]2c3c(cc(C)c(OC)c3O)C[C@@H]([C@@H]1O)N2C)OCO4. The Hall–Kier alpha value is -5.19. The first-order valence-corrected chi connectivity index (χ1v) is 21.6. The molecule has 15 heteroatoms. The second-order valence-corrected chi connectivity index (χ2v) is 17.8. The number of piperazine rings is 1. The van der Waals surface area contributed by atoms with Crippen molar-refractivity contribution in [3.05, 3.63) is 98.6 Å². The van der Waals surface area contributed by atoms with Gasteiger partial charge in [-0.3, -0.25) is 19.9 Å². The highest BCUT2D eigenvalue weighted by atomic mass is 32.2. The van der Waals surface area contributed by atoms with Crippen LogP contribution in [0.1, 0.15) is 74.3 Å². The number of aliphatic hydroxyl groups excluding tert-OH is 1. The summed E-state index contributed by atoms with van der Waals surface area (Å²) in [5, 5.41) is 27.8. The molecular formula is C46H49N3O11S. The summed E-state index contributed by atoms with van der Waals surface area (Å²) in [7, 11) is 5.11. The predicted molar refractivity (Wildman–Crippen MR) is 224 cm³/mol. The molecule has 3 N–H and O–H groups in total. The highest BCUT2D eigenvalue weighted by molar-refractivity contribution is 7.99. The molecule has 1 unspecified atom stereocenters. The number of methoxy groups -OCH3 is 2. The zero-order chi connectivity index (χ0) is 42.5. The Bertz CT molecular complexity index is 2470. The fourth-order valence-corrected chi connectivity index (χ4v) is 12.5. The van der Waals surface area contributed by atoms with Gasteiger partial charge in [0, 0.05) is 47.5 Å². The number of benzene rings is 4. The van der Waals surface area contributed by atoms with Crippen molar-refractivity contribution in [1.29, 1.82) is 0 Å². The van der Waals surface area contributed by atoms with E-state index in [9.17, 15) is 15.0 Å². The molecule has 2 saturated heterocycles. The van der Waals surface area contributed by atoms with Gasteiger partial charge in [0.25, 0.3) is 0 Å². The topological polar surface area (TPSA) is 158 Å². The lowest BCUT2D eigenvalue weighted by Crippen LogP contribution is -2.70. The van der Waals surface area contributed by atoms with Gasteiger partial charge in [-0.2, -0.15) is 0 Å². The number of esters is 2. The summed E-state index contributed by atoms with van der Waals surface area (Å²) in [6.07, 6.45) is 0.0408. The molecule has 0 amide bonds. The minimum atomic E-state index is -1.34. The number of ether oxygens (including phenoxy) is 7. The van der Waals surface area contributed by atoms with Gasteiger partial charge in [0.05, 0.1) is 37.6 Å². The van der Waals surface area contributed by atoms with E-state index in [1.54, 1.807) is 14.2 Å². The number of hydrogen-bond donors (Lipinski definition) is 3. The number of nitrogens with zero attached hydrogens (tertiary/aromatic N) is 2. The van der Waals surface area contributed by atoms with Crippen LogP contribution in [0.2, 0.25) is 0 Å². The van der Waals surface area contributed by atoms with Crippen molar-refractivity contribution < 1.29 is 53.0 Å². The molecule has 14 nitrogen and oxygen atoms in total. The predicted octanol–water partition coefficient (Wildman–Crippen LogP) is 5.29. The molecule has 4 aromatic carbocycles. The normalized spacial score (nSPS) is 27.3. The number of aliphatic hydroxyl groups is 1. The molecule has 11 rings (SSSR count). The first-order chi connectivity index (χ1) is 29.5. The van der Waals surface area contributed by atoms with Gasteiger partial charge in [0.15, 0.2) is 40.0 Å². The molecule has 0 aromatic heterocycles. The zero-order valence-electron chi connectivity index (χ0n) is 34.9. The number of phenolic OH excluding ortho intramolecular Hbond substituents is 1. The summed E-state index contributed by atoms with van der Waals surface area (Å²) in [5.41, 5.74) is 5.67.